The Labute approximate surface area is 198 Å². The zero-order chi connectivity index (χ0) is 25.2. The molecule has 32 heavy (non-hydrogen) atoms. The number of hydrogen-bond donors (Lipinski definition) is 0. The van der Waals surface area contributed by atoms with Gasteiger partial charge in [-0.15, -0.1) is 0 Å². The molecule has 1 aliphatic rings. The molecule has 0 aliphatic carbocycles. The molecule has 0 spiro atoms. The molecule has 0 amide bonds. The average molecular weight is 471 g/mol. The van der Waals surface area contributed by atoms with E-state index in [1.807, 2.05) is 40.7 Å². The molecule has 6 heteroatoms. The Balaban J connectivity index is 3.12. The van der Waals surface area contributed by atoms with E-state index in [0.29, 0.717) is 5.76 Å². The first kappa shape index (κ1) is 29.3. The summed E-state index contributed by atoms with van der Waals surface area (Å²) in [6, 6.07) is 0. The third-order valence-electron chi connectivity index (χ3n) is 7.34. The predicted molar refractivity (Wildman–Crippen MR) is 134 cm³/mol. The molecule has 1 heterocycles. The summed E-state index contributed by atoms with van der Waals surface area (Å²) in [5.74, 6) is -0.257. The van der Waals surface area contributed by atoms with E-state index in [-0.39, 0.29) is 53.0 Å². The fraction of sp³-hybridized carbons (Fsp3) is 0.885. The summed E-state index contributed by atoms with van der Waals surface area (Å²) in [6.07, 6.45) is 1.76. The van der Waals surface area contributed by atoms with Crippen LogP contribution in [-0.2, 0) is 23.4 Å². The van der Waals surface area contributed by atoms with E-state index in [1.165, 1.54) is 0 Å². The molecule has 0 aromatic carbocycles. The first-order valence-electron chi connectivity index (χ1n) is 12.3. The maximum atomic E-state index is 12.2. The van der Waals surface area contributed by atoms with Gasteiger partial charge in [0.15, 0.2) is 14.1 Å². The van der Waals surface area contributed by atoms with Crippen LogP contribution in [0.3, 0.4) is 0 Å². The van der Waals surface area contributed by atoms with Crippen LogP contribution in [0.4, 0.5) is 0 Å². The van der Waals surface area contributed by atoms with Gasteiger partial charge >= 0.3 is 5.97 Å². The summed E-state index contributed by atoms with van der Waals surface area (Å²) < 4.78 is 25.3. The lowest BCUT2D eigenvalue weighted by Crippen LogP contribution is -2.56. The van der Waals surface area contributed by atoms with Gasteiger partial charge in [0, 0.05) is 23.9 Å². The van der Waals surface area contributed by atoms with Crippen LogP contribution in [0.5, 0.6) is 0 Å². The van der Waals surface area contributed by atoms with Crippen molar-refractivity contribution in [1.82, 2.24) is 0 Å². The van der Waals surface area contributed by atoms with Crippen molar-refractivity contribution >= 4 is 14.3 Å². The second-order valence-corrected chi connectivity index (χ2v) is 16.7. The van der Waals surface area contributed by atoms with Gasteiger partial charge in [0.25, 0.3) is 0 Å². The van der Waals surface area contributed by atoms with Crippen LogP contribution >= 0.6 is 0 Å². The van der Waals surface area contributed by atoms with Crippen molar-refractivity contribution in [2.45, 2.75) is 125 Å². The van der Waals surface area contributed by atoms with Crippen LogP contribution in [0, 0.1) is 23.7 Å². The second-order valence-electron chi connectivity index (χ2n) is 11.9. The van der Waals surface area contributed by atoms with Gasteiger partial charge in [0.2, 0.25) is 0 Å². The van der Waals surface area contributed by atoms with E-state index >= 15 is 0 Å². The maximum Gasteiger partial charge on any atom is 0.313 e. The maximum absolute atomic E-state index is 12.2. The van der Waals surface area contributed by atoms with Gasteiger partial charge in [-0.2, -0.15) is 0 Å². The Morgan fingerprint density at radius 1 is 1.03 bits per heavy atom. The molecule has 0 saturated carbocycles. The summed E-state index contributed by atoms with van der Waals surface area (Å²) in [5, 5.41) is 0.153. The van der Waals surface area contributed by atoms with Crippen LogP contribution in [0.25, 0.3) is 0 Å². The molecule has 0 aromatic heterocycles. The minimum absolute atomic E-state index is 0.0372. The fourth-order valence-corrected chi connectivity index (χ4v) is 5.55. The number of allylic oxidation sites excluding steroid dienone is 1. The molecule has 1 rings (SSSR count). The average Bonchev–Trinajstić information content (AvgIpc) is 2.64. The molecule has 1 saturated heterocycles. The molecular weight excluding hydrogens is 420 g/mol. The van der Waals surface area contributed by atoms with E-state index in [0.717, 1.165) is 0 Å². The zero-order valence-corrected chi connectivity index (χ0v) is 24.2. The molecule has 1 aliphatic heterocycles. The van der Waals surface area contributed by atoms with Gasteiger partial charge in [0.1, 0.15) is 5.76 Å². The second kappa shape index (κ2) is 10.7. The summed E-state index contributed by atoms with van der Waals surface area (Å²) in [6.45, 7) is 29.5. The van der Waals surface area contributed by atoms with Crippen molar-refractivity contribution in [3.8, 4) is 0 Å². The Bertz CT molecular complexity index is 662. The summed E-state index contributed by atoms with van der Waals surface area (Å²) in [7, 11) is -1.90. The van der Waals surface area contributed by atoms with Crippen molar-refractivity contribution in [1.29, 1.82) is 0 Å². The van der Waals surface area contributed by atoms with Crippen molar-refractivity contribution in [2.24, 2.45) is 23.7 Å². The SMILES string of the molecule is C/C=C(\OC(=O)C(C)C)[C@@H](C)[C@H]1OC(C)(C)O[C@@H]([C@@H](C)[C@H](C)O[Si](C)(C)C(C)(C)C)[C@H]1C. The molecule has 5 nitrogen and oxygen atoms in total. The van der Waals surface area contributed by atoms with Crippen LogP contribution in [0.15, 0.2) is 11.8 Å². The van der Waals surface area contributed by atoms with E-state index in [1.54, 1.807) is 0 Å². The summed E-state index contributed by atoms with van der Waals surface area (Å²) >= 11 is 0. The van der Waals surface area contributed by atoms with Gasteiger partial charge in [-0.1, -0.05) is 55.4 Å². The smallest absolute Gasteiger partial charge is 0.313 e. The Morgan fingerprint density at radius 2 is 1.53 bits per heavy atom. The normalized spacial score (nSPS) is 27.7. The zero-order valence-electron chi connectivity index (χ0n) is 23.2. The standard InChI is InChI=1S/C26H50O5Si/c1-15-21(28-24(27)16(2)3)18(5)23-19(6)22(29-26(11,12)30-23)17(4)20(7)31-32(13,14)25(8,9)10/h15-20,22-23H,1-14H3/b21-15-/t17-,18+,19+,20-,22-,23+/m0/s1. The lowest BCUT2D eigenvalue weighted by Gasteiger charge is -2.50. The van der Waals surface area contributed by atoms with Crippen molar-refractivity contribution in [3.05, 3.63) is 11.8 Å². The van der Waals surface area contributed by atoms with Crippen molar-refractivity contribution < 1.29 is 23.4 Å². The number of rotatable bonds is 8. The minimum Gasteiger partial charge on any atom is -0.431 e. The van der Waals surface area contributed by atoms with E-state index in [9.17, 15) is 4.79 Å². The molecule has 188 valence electrons. The van der Waals surface area contributed by atoms with Crippen LogP contribution in [0.2, 0.25) is 18.1 Å². The lowest BCUT2D eigenvalue weighted by molar-refractivity contribution is -0.336. The molecule has 0 N–H and O–H groups in total. The first-order chi connectivity index (χ1) is 14.3. The highest BCUT2D eigenvalue weighted by Gasteiger charge is 2.48. The van der Waals surface area contributed by atoms with Crippen molar-refractivity contribution in [2.75, 3.05) is 0 Å². The number of hydrogen-bond acceptors (Lipinski definition) is 5. The van der Waals surface area contributed by atoms with Gasteiger partial charge in [-0.05, 0) is 51.9 Å². The predicted octanol–water partition coefficient (Wildman–Crippen LogP) is 6.93. The first-order valence-corrected chi connectivity index (χ1v) is 15.2. The Hall–Kier alpha value is -0.693. The molecular formula is C26H50O5Si. The molecule has 0 unspecified atom stereocenters. The monoisotopic (exact) mass is 470 g/mol. The van der Waals surface area contributed by atoms with E-state index < -0.39 is 14.1 Å². The molecule has 6 atom stereocenters. The topological polar surface area (TPSA) is 54.0 Å². The molecule has 0 aromatic rings. The van der Waals surface area contributed by atoms with E-state index in [4.69, 9.17) is 18.6 Å². The number of esters is 1. The Kier molecular flexibility index (Phi) is 9.82. The molecule has 0 radical (unpaired) electrons. The number of carbonyl (C=O) groups excluding carboxylic acids is 1. The van der Waals surface area contributed by atoms with Gasteiger partial charge in [-0.25, -0.2) is 0 Å². The van der Waals surface area contributed by atoms with Gasteiger partial charge in [0.05, 0.1) is 18.1 Å². The Morgan fingerprint density at radius 3 is 1.97 bits per heavy atom. The minimum atomic E-state index is -1.90. The fourth-order valence-electron chi connectivity index (χ4n) is 4.05. The lowest BCUT2D eigenvalue weighted by atomic mass is 9.80. The van der Waals surface area contributed by atoms with E-state index in [2.05, 4.69) is 61.6 Å². The summed E-state index contributed by atoms with van der Waals surface area (Å²) in [5.41, 5.74) is 0. The highest BCUT2D eigenvalue weighted by Crippen LogP contribution is 2.42. The highest BCUT2D eigenvalue weighted by molar-refractivity contribution is 6.74. The van der Waals surface area contributed by atoms with Crippen molar-refractivity contribution in [3.63, 3.8) is 0 Å². The number of ether oxygens (including phenoxy) is 3. The van der Waals surface area contributed by atoms with Gasteiger partial charge < -0.3 is 18.6 Å². The van der Waals surface area contributed by atoms with Crippen LogP contribution in [0.1, 0.15) is 83.1 Å². The van der Waals surface area contributed by atoms with Crippen LogP contribution < -0.4 is 0 Å². The summed E-state index contributed by atoms with van der Waals surface area (Å²) in [4.78, 5) is 12.2. The van der Waals surface area contributed by atoms with Crippen LogP contribution in [-0.4, -0.2) is 38.4 Å². The largest absolute Gasteiger partial charge is 0.431 e. The van der Waals surface area contributed by atoms with Gasteiger partial charge in [-0.3, -0.25) is 4.79 Å². The third-order valence-corrected chi connectivity index (χ3v) is 11.9. The number of carbonyl (C=O) groups is 1. The quantitative estimate of drug-likeness (QED) is 0.219. The molecule has 0 bridgehead atoms. The third kappa shape index (κ3) is 7.15. The molecule has 1 fully saturated rings. The highest BCUT2D eigenvalue weighted by atomic mass is 28.4.